The van der Waals surface area contributed by atoms with Crippen LogP contribution in [0.3, 0.4) is 0 Å². The molecule has 0 saturated heterocycles. The van der Waals surface area contributed by atoms with Gasteiger partial charge in [-0.2, -0.15) is 0 Å². The third-order valence-electron chi connectivity index (χ3n) is 4.67. The van der Waals surface area contributed by atoms with Gasteiger partial charge < -0.3 is 10.6 Å². The Hall–Kier alpha value is -1.22. The summed E-state index contributed by atoms with van der Waals surface area (Å²) in [7, 11) is 0. The van der Waals surface area contributed by atoms with Crippen LogP contribution < -0.4 is 10.6 Å². The summed E-state index contributed by atoms with van der Waals surface area (Å²) in [5.41, 5.74) is 7.33. The number of aliphatic imine (C=N–C) groups is 1. The van der Waals surface area contributed by atoms with Crippen molar-refractivity contribution in [3.63, 3.8) is 0 Å². The average molecular weight is 278 g/mol. The molecule has 1 saturated carbocycles. The van der Waals surface area contributed by atoms with Crippen molar-refractivity contribution in [1.82, 2.24) is 0 Å². The maximum Gasteiger partial charge on any atom is 0.196 e. The fourth-order valence-corrected chi connectivity index (χ4v) is 3.99. The molecule has 1 aliphatic carbocycles. The zero-order chi connectivity index (χ0) is 13.5. The molecular weight excluding hydrogens is 258 g/mol. The molecule has 3 rings (SSSR count). The smallest absolute Gasteiger partial charge is 0.196 e. The highest BCUT2D eigenvalue weighted by atomic mass is 35.5. The minimum atomic E-state index is 0.0868. The molecule has 1 spiro atoms. The van der Waals surface area contributed by atoms with Crippen molar-refractivity contribution in [3.8, 4) is 0 Å². The SMILES string of the molecule is CCC1CCCC12CN=C(N)N2c1cccc(Cl)c1. The Labute approximate surface area is 119 Å². The minimum Gasteiger partial charge on any atom is -0.369 e. The van der Waals surface area contributed by atoms with E-state index < -0.39 is 0 Å². The second-order valence-corrected chi connectivity index (χ2v) is 6.03. The maximum absolute atomic E-state index is 6.17. The highest BCUT2D eigenvalue weighted by Gasteiger charge is 2.50. The first-order chi connectivity index (χ1) is 9.17. The minimum absolute atomic E-state index is 0.0868. The number of halogens is 1. The lowest BCUT2D eigenvalue weighted by atomic mass is 9.84. The van der Waals surface area contributed by atoms with Crippen LogP contribution in [0.4, 0.5) is 5.69 Å². The molecule has 3 nitrogen and oxygen atoms in total. The summed E-state index contributed by atoms with van der Waals surface area (Å²) < 4.78 is 0. The van der Waals surface area contributed by atoms with Crippen molar-refractivity contribution >= 4 is 23.2 Å². The van der Waals surface area contributed by atoms with E-state index in [1.54, 1.807) is 0 Å². The molecule has 1 aromatic carbocycles. The Kier molecular flexibility index (Phi) is 3.17. The largest absolute Gasteiger partial charge is 0.369 e. The summed E-state index contributed by atoms with van der Waals surface area (Å²) in [5, 5.41) is 0.749. The molecule has 2 aliphatic rings. The van der Waals surface area contributed by atoms with E-state index in [9.17, 15) is 0 Å². The van der Waals surface area contributed by atoms with Crippen molar-refractivity contribution in [1.29, 1.82) is 0 Å². The van der Waals surface area contributed by atoms with E-state index in [0.29, 0.717) is 11.9 Å². The number of nitrogens with zero attached hydrogens (tertiary/aromatic N) is 2. The number of rotatable bonds is 2. The maximum atomic E-state index is 6.17. The molecule has 19 heavy (non-hydrogen) atoms. The number of guanidine groups is 1. The van der Waals surface area contributed by atoms with Gasteiger partial charge in [-0.05, 0) is 37.0 Å². The van der Waals surface area contributed by atoms with Crippen LogP contribution in [0, 0.1) is 5.92 Å². The Morgan fingerprint density at radius 2 is 2.37 bits per heavy atom. The molecule has 0 amide bonds. The molecule has 1 aliphatic heterocycles. The van der Waals surface area contributed by atoms with Gasteiger partial charge in [0.1, 0.15) is 0 Å². The van der Waals surface area contributed by atoms with Crippen molar-refractivity contribution in [2.45, 2.75) is 38.1 Å². The first-order valence-corrected chi connectivity index (χ1v) is 7.41. The van der Waals surface area contributed by atoms with Gasteiger partial charge in [0.25, 0.3) is 0 Å². The van der Waals surface area contributed by atoms with Gasteiger partial charge in [0.05, 0.1) is 12.1 Å². The van der Waals surface area contributed by atoms with Gasteiger partial charge in [0.15, 0.2) is 5.96 Å². The average Bonchev–Trinajstić information content (AvgIpc) is 2.95. The Morgan fingerprint density at radius 1 is 1.53 bits per heavy atom. The fraction of sp³-hybridized carbons (Fsp3) is 0.533. The highest BCUT2D eigenvalue weighted by molar-refractivity contribution is 6.31. The van der Waals surface area contributed by atoms with Gasteiger partial charge in [0, 0.05) is 10.7 Å². The van der Waals surface area contributed by atoms with Crippen LogP contribution in [0.2, 0.25) is 5.02 Å². The molecule has 0 radical (unpaired) electrons. The van der Waals surface area contributed by atoms with Gasteiger partial charge >= 0.3 is 0 Å². The molecule has 102 valence electrons. The summed E-state index contributed by atoms with van der Waals surface area (Å²) in [4.78, 5) is 6.77. The predicted molar refractivity (Wildman–Crippen MR) is 80.8 cm³/mol. The van der Waals surface area contributed by atoms with Crippen molar-refractivity contribution in [3.05, 3.63) is 29.3 Å². The zero-order valence-corrected chi connectivity index (χ0v) is 12.0. The first-order valence-electron chi connectivity index (χ1n) is 7.03. The van der Waals surface area contributed by atoms with E-state index >= 15 is 0 Å². The summed E-state index contributed by atoms with van der Waals surface area (Å²) >= 11 is 6.13. The number of benzene rings is 1. The standard InChI is InChI=1S/C15H20ClN3/c1-2-11-5-4-8-15(11)10-18-14(17)19(15)13-7-3-6-12(16)9-13/h3,6-7,9,11H,2,4-5,8,10H2,1H3,(H2,17,18). The second kappa shape index (κ2) is 4.71. The van der Waals surface area contributed by atoms with Gasteiger partial charge in [-0.1, -0.05) is 37.4 Å². The molecular formula is C15H20ClN3. The van der Waals surface area contributed by atoms with E-state index in [0.717, 1.165) is 17.3 Å². The van der Waals surface area contributed by atoms with Crippen molar-refractivity contribution < 1.29 is 0 Å². The van der Waals surface area contributed by atoms with Crippen LogP contribution in [0.5, 0.6) is 0 Å². The van der Waals surface area contributed by atoms with E-state index in [-0.39, 0.29) is 5.54 Å². The van der Waals surface area contributed by atoms with Crippen molar-refractivity contribution in [2.75, 3.05) is 11.4 Å². The summed E-state index contributed by atoms with van der Waals surface area (Å²) in [6, 6.07) is 7.94. The molecule has 0 bridgehead atoms. The summed E-state index contributed by atoms with van der Waals surface area (Å²) in [6.07, 6.45) is 4.89. The monoisotopic (exact) mass is 277 g/mol. The lowest BCUT2D eigenvalue weighted by Crippen LogP contribution is -2.54. The summed E-state index contributed by atoms with van der Waals surface area (Å²) in [6.45, 7) is 3.09. The van der Waals surface area contributed by atoms with Crippen molar-refractivity contribution in [2.24, 2.45) is 16.6 Å². The molecule has 4 heteroatoms. The lowest BCUT2D eigenvalue weighted by molar-refractivity contribution is 0.331. The molecule has 2 N–H and O–H groups in total. The number of nitrogens with two attached hydrogens (primary N) is 1. The zero-order valence-electron chi connectivity index (χ0n) is 11.3. The van der Waals surface area contributed by atoms with Gasteiger partial charge in [-0.25, -0.2) is 0 Å². The van der Waals surface area contributed by atoms with E-state index in [1.165, 1.54) is 25.7 Å². The van der Waals surface area contributed by atoms with Crippen LogP contribution in [-0.4, -0.2) is 18.0 Å². The molecule has 1 fully saturated rings. The quantitative estimate of drug-likeness (QED) is 0.900. The van der Waals surface area contributed by atoms with Crippen LogP contribution in [0.1, 0.15) is 32.6 Å². The van der Waals surface area contributed by atoms with Gasteiger partial charge in [-0.15, -0.1) is 0 Å². The Morgan fingerprint density at radius 3 is 3.11 bits per heavy atom. The second-order valence-electron chi connectivity index (χ2n) is 5.59. The molecule has 1 aromatic rings. The topological polar surface area (TPSA) is 41.6 Å². The number of anilines is 1. The van der Waals surface area contributed by atoms with Gasteiger partial charge in [0.2, 0.25) is 0 Å². The van der Waals surface area contributed by atoms with Crippen LogP contribution >= 0.6 is 11.6 Å². The fourth-order valence-electron chi connectivity index (χ4n) is 3.81. The van der Waals surface area contributed by atoms with E-state index in [2.05, 4.69) is 22.9 Å². The third kappa shape index (κ3) is 1.91. The summed E-state index contributed by atoms with van der Waals surface area (Å²) in [5.74, 6) is 1.30. The number of hydrogen-bond acceptors (Lipinski definition) is 3. The third-order valence-corrected chi connectivity index (χ3v) is 4.91. The molecule has 2 unspecified atom stereocenters. The van der Waals surface area contributed by atoms with E-state index in [4.69, 9.17) is 17.3 Å². The highest BCUT2D eigenvalue weighted by Crippen LogP contribution is 2.46. The van der Waals surface area contributed by atoms with Crippen LogP contribution in [0.15, 0.2) is 29.3 Å². The Bertz CT molecular complexity index is 514. The van der Waals surface area contributed by atoms with Crippen LogP contribution in [0.25, 0.3) is 0 Å². The molecule has 2 atom stereocenters. The lowest BCUT2D eigenvalue weighted by Gasteiger charge is -2.40. The Balaban J connectivity index is 2.03. The first kappa shape index (κ1) is 12.8. The van der Waals surface area contributed by atoms with Crippen LogP contribution in [-0.2, 0) is 0 Å². The molecule has 0 aromatic heterocycles. The van der Waals surface area contributed by atoms with Gasteiger partial charge in [-0.3, -0.25) is 4.99 Å². The predicted octanol–water partition coefficient (Wildman–Crippen LogP) is 3.42. The number of hydrogen-bond donors (Lipinski definition) is 1. The van der Waals surface area contributed by atoms with E-state index in [1.807, 2.05) is 18.2 Å². The molecule has 1 heterocycles. The normalized spacial score (nSPS) is 30.1.